The summed E-state index contributed by atoms with van der Waals surface area (Å²) in [5, 5.41) is -22.9. The monoisotopic (exact) mass is 1270 g/mol. The molecule has 0 saturated carbocycles. The van der Waals surface area contributed by atoms with Crippen LogP contribution >= 0.6 is 0 Å². The molecule has 0 N–H and O–H groups in total. The summed E-state index contributed by atoms with van der Waals surface area (Å²) in [5.41, 5.74) is 0. The average Bonchev–Trinajstić information content (AvgIpc) is 3.04. The molecule has 0 aromatic carbocycles. The maximum atomic E-state index is 12.7. The predicted octanol–water partition coefficient (Wildman–Crippen LogP) is 9.30. The van der Waals surface area contributed by atoms with Gasteiger partial charge in [-0.25, -0.2) is 25.3 Å². The van der Waals surface area contributed by atoms with Gasteiger partial charge < -0.3 is 13.7 Å². The van der Waals surface area contributed by atoms with E-state index in [1.165, 1.54) is 0 Å². The van der Waals surface area contributed by atoms with Crippen molar-refractivity contribution < 1.29 is 210 Å². The van der Waals surface area contributed by atoms with Crippen molar-refractivity contribution in [2.24, 2.45) is 0 Å². The minimum absolute atomic E-state index is 0. The van der Waals surface area contributed by atoms with Gasteiger partial charge in [0.15, 0.2) is 30.4 Å². The summed E-state index contributed by atoms with van der Waals surface area (Å²) in [5.74, 6) is -97.9. The van der Waals surface area contributed by atoms with Gasteiger partial charge in [-0.15, -0.1) is 0 Å². The Kier molecular flexibility index (Phi) is 19.9. The third-order valence-electron chi connectivity index (χ3n) is 6.66. The maximum absolute atomic E-state index is 12.7. The van der Waals surface area contributed by atoms with Crippen molar-refractivity contribution in [2.45, 2.75) is 105 Å². The van der Waals surface area contributed by atoms with Crippen molar-refractivity contribution in [3.05, 3.63) is 0 Å². The summed E-state index contributed by atoms with van der Waals surface area (Å²) in [6.45, 7) is 0. The Hall–Kier alpha value is -2.36. The number of hydrogen-bond acceptors (Lipinski definition) is 9. The van der Waals surface area contributed by atoms with Crippen LogP contribution in [0.1, 0.15) is 0 Å². The first-order valence-corrected chi connectivity index (χ1v) is 17.5. The van der Waals surface area contributed by atoms with Crippen LogP contribution in [0.15, 0.2) is 0 Å². The Balaban J connectivity index is -0.000000463. The van der Waals surface area contributed by atoms with Gasteiger partial charge in [-0.05, 0) is 0 Å². The SMILES string of the molecule is O=S(=O)([O-])C(F)(F)C(F)(F)C(F)(F)C(F)(F)C(F)(F)C(F)(F)F.O=S(=O)([O-])C(F)(F)C(F)(F)C(F)(F)C(F)(F)C(F)(F)C(F)(F)F.O=S(=O)([O-])C(F)(F)C(F)(F)C(F)(F)C(F)(F)C(F)(F)C(F)(F)F.[Ga+3]. The molecule has 0 aliphatic heterocycles. The van der Waals surface area contributed by atoms with Crippen LogP contribution in [0, 0.1) is 0 Å². The molecule has 0 atom stereocenters. The molecular weight excluding hydrogens is 1270 g/mol. The molecular formula is C18F39GaO9S3. The van der Waals surface area contributed by atoms with Crippen molar-refractivity contribution in [3.63, 3.8) is 0 Å². The molecule has 0 amide bonds. The molecule has 9 nitrogen and oxygen atoms in total. The Labute approximate surface area is 365 Å². The van der Waals surface area contributed by atoms with Crippen LogP contribution in [-0.4, -0.2) is 164 Å². The van der Waals surface area contributed by atoms with Crippen LogP contribution in [0.25, 0.3) is 0 Å². The number of rotatable bonds is 15. The quantitative estimate of drug-likeness (QED) is 0.0881. The Morgan fingerprint density at radius 2 is 0.271 bits per heavy atom. The molecule has 0 aromatic heterocycles. The van der Waals surface area contributed by atoms with E-state index in [1.54, 1.807) is 0 Å². The number of hydrogen-bond donors (Lipinski definition) is 0. The number of alkyl halides is 39. The fourth-order valence-electron chi connectivity index (χ4n) is 2.74. The van der Waals surface area contributed by atoms with E-state index in [9.17, 15) is 210 Å². The summed E-state index contributed by atoms with van der Waals surface area (Å²) in [7, 11) is -23.6. The minimum atomic E-state index is -8.29. The maximum Gasteiger partial charge on any atom is 3.00 e. The Bertz CT molecular complexity index is 1930. The zero-order chi connectivity index (χ0) is 58.5. The normalized spacial score (nSPS) is 16.4. The van der Waals surface area contributed by atoms with E-state index in [2.05, 4.69) is 0 Å². The zero-order valence-corrected chi connectivity index (χ0v) is 34.1. The summed E-state index contributed by atoms with van der Waals surface area (Å²) >= 11 is 0. The number of halogens is 39. The molecule has 0 rings (SSSR count). The van der Waals surface area contributed by atoms with Crippen molar-refractivity contribution in [1.82, 2.24) is 0 Å². The summed E-state index contributed by atoms with van der Waals surface area (Å²) in [4.78, 5) is 0. The fourth-order valence-corrected chi connectivity index (χ4v) is 4.06. The Morgan fingerprint density at radius 3 is 0.343 bits per heavy atom. The molecule has 0 unspecified atom stereocenters. The molecule has 0 fully saturated rings. The van der Waals surface area contributed by atoms with Crippen molar-refractivity contribution >= 4 is 50.1 Å². The van der Waals surface area contributed by atoms with Gasteiger partial charge in [-0.1, -0.05) is 0 Å². The first-order chi connectivity index (χ1) is 28.5. The van der Waals surface area contributed by atoms with Gasteiger partial charge in [-0.3, -0.25) is 0 Å². The van der Waals surface area contributed by atoms with Crippen LogP contribution < -0.4 is 0 Å². The molecule has 70 heavy (non-hydrogen) atoms. The second-order valence-electron chi connectivity index (χ2n) is 11.3. The molecule has 0 aromatic rings. The molecule has 0 radical (unpaired) electrons. The van der Waals surface area contributed by atoms with E-state index in [0.717, 1.165) is 0 Å². The van der Waals surface area contributed by atoms with Crippen molar-refractivity contribution in [1.29, 1.82) is 0 Å². The molecule has 0 aliphatic carbocycles. The molecule has 0 aliphatic rings. The van der Waals surface area contributed by atoms with Gasteiger partial charge in [0.25, 0.3) is 0 Å². The average molecular weight is 1270 g/mol. The van der Waals surface area contributed by atoms with Crippen LogP contribution in [0.4, 0.5) is 171 Å². The van der Waals surface area contributed by atoms with E-state index in [-0.39, 0.29) is 19.8 Å². The van der Waals surface area contributed by atoms with E-state index in [4.69, 9.17) is 0 Å². The fraction of sp³-hybridized carbons (Fsp3) is 1.00. The summed E-state index contributed by atoms with van der Waals surface area (Å²) < 4.78 is 567. The van der Waals surface area contributed by atoms with E-state index in [0.29, 0.717) is 0 Å². The summed E-state index contributed by atoms with van der Waals surface area (Å²) in [6, 6.07) is 0. The van der Waals surface area contributed by atoms with E-state index in [1.807, 2.05) is 0 Å². The molecule has 52 heteroatoms. The van der Waals surface area contributed by atoms with Crippen molar-refractivity contribution in [3.8, 4) is 0 Å². The van der Waals surface area contributed by atoms with Gasteiger partial charge in [0.2, 0.25) is 0 Å². The van der Waals surface area contributed by atoms with Crippen LogP contribution in [-0.2, 0) is 30.4 Å². The van der Waals surface area contributed by atoms with Gasteiger partial charge in [0.1, 0.15) is 0 Å². The third kappa shape index (κ3) is 10.8. The van der Waals surface area contributed by atoms with E-state index >= 15 is 0 Å². The smallest absolute Gasteiger partial charge is 0.743 e. The second kappa shape index (κ2) is 18.8. The zero-order valence-electron chi connectivity index (χ0n) is 29.2. The van der Waals surface area contributed by atoms with E-state index < -0.39 is 136 Å². The van der Waals surface area contributed by atoms with Gasteiger partial charge in [0, 0.05) is 0 Å². The van der Waals surface area contributed by atoms with Crippen LogP contribution in [0.2, 0.25) is 0 Å². The first-order valence-electron chi connectivity index (χ1n) is 13.2. The Morgan fingerprint density at radius 1 is 0.186 bits per heavy atom. The van der Waals surface area contributed by atoms with Crippen LogP contribution in [0.5, 0.6) is 0 Å². The summed E-state index contributed by atoms with van der Waals surface area (Å²) in [6.07, 6.45) is -22.8. The first kappa shape index (κ1) is 74.2. The van der Waals surface area contributed by atoms with Crippen LogP contribution in [0.3, 0.4) is 0 Å². The molecule has 0 bridgehead atoms. The topological polar surface area (TPSA) is 172 Å². The largest absolute Gasteiger partial charge is 3.00 e. The minimum Gasteiger partial charge on any atom is -0.743 e. The molecule has 0 saturated heterocycles. The standard InChI is InChI=1S/3C6HF13O3S.Ga/c3*7-1(8,3(11,12)5(15,16)17)2(9,10)4(13,14)6(18,19)23(20,21)22;/h3*(H,20,21,22);/q;;;+3/p-3. The van der Waals surface area contributed by atoms with Crippen molar-refractivity contribution in [2.75, 3.05) is 0 Å². The molecule has 0 heterocycles. The molecule has 420 valence electrons. The molecule has 0 spiro atoms. The predicted molar refractivity (Wildman–Crippen MR) is 127 cm³/mol. The van der Waals surface area contributed by atoms with Gasteiger partial charge in [0.05, 0.1) is 0 Å². The van der Waals surface area contributed by atoms with Gasteiger partial charge in [-0.2, -0.15) is 171 Å². The van der Waals surface area contributed by atoms with Gasteiger partial charge >= 0.3 is 125 Å². The second-order valence-corrected chi connectivity index (χ2v) is 15.6. The third-order valence-corrected chi connectivity index (χ3v) is 9.31.